The lowest BCUT2D eigenvalue weighted by atomic mass is 9.98. The Morgan fingerprint density at radius 3 is 2.84 bits per heavy atom. The van der Waals surface area contributed by atoms with Crippen LogP contribution in [-0.4, -0.2) is 15.2 Å². The third-order valence-corrected chi connectivity index (χ3v) is 3.00. The SMILES string of the molecule is CCc1noc(C(C)C(O)c2ccco2)c1[N+](=O)[O-]. The zero-order valence-electron chi connectivity index (χ0n) is 10.6. The van der Waals surface area contributed by atoms with Gasteiger partial charge in [-0.3, -0.25) is 10.1 Å². The standard InChI is InChI=1S/C12H14N2O5/c1-3-8-10(14(16)17)12(19-13-8)7(2)11(15)9-5-4-6-18-9/h4-7,11,15H,3H2,1-2H3. The van der Waals surface area contributed by atoms with E-state index < -0.39 is 16.9 Å². The lowest BCUT2D eigenvalue weighted by Gasteiger charge is -2.13. The van der Waals surface area contributed by atoms with Gasteiger partial charge in [-0.15, -0.1) is 0 Å². The zero-order valence-corrected chi connectivity index (χ0v) is 10.6. The van der Waals surface area contributed by atoms with Crippen molar-refractivity contribution in [3.63, 3.8) is 0 Å². The van der Waals surface area contributed by atoms with E-state index in [9.17, 15) is 15.2 Å². The molecular formula is C12H14N2O5. The van der Waals surface area contributed by atoms with Gasteiger partial charge < -0.3 is 14.0 Å². The Balaban J connectivity index is 2.36. The van der Waals surface area contributed by atoms with Gasteiger partial charge >= 0.3 is 5.69 Å². The molecule has 0 amide bonds. The van der Waals surface area contributed by atoms with Crippen LogP contribution in [0, 0.1) is 10.1 Å². The number of rotatable bonds is 5. The van der Waals surface area contributed by atoms with E-state index in [1.807, 2.05) is 0 Å². The minimum absolute atomic E-state index is 0.0609. The second-order valence-electron chi connectivity index (χ2n) is 4.20. The molecule has 19 heavy (non-hydrogen) atoms. The Labute approximate surface area is 109 Å². The van der Waals surface area contributed by atoms with E-state index in [1.165, 1.54) is 6.26 Å². The predicted molar refractivity (Wildman–Crippen MR) is 64.6 cm³/mol. The number of aliphatic hydroxyl groups is 1. The molecule has 0 aliphatic heterocycles. The predicted octanol–water partition coefficient (Wildman–Crippen LogP) is 2.58. The second kappa shape index (κ2) is 5.23. The molecule has 2 atom stereocenters. The summed E-state index contributed by atoms with van der Waals surface area (Å²) in [4.78, 5) is 10.5. The summed E-state index contributed by atoms with van der Waals surface area (Å²) in [6.45, 7) is 3.38. The summed E-state index contributed by atoms with van der Waals surface area (Å²) in [6.07, 6.45) is 0.798. The fourth-order valence-electron chi connectivity index (χ4n) is 1.91. The summed E-state index contributed by atoms with van der Waals surface area (Å²) >= 11 is 0. The molecule has 1 N–H and O–H groups in total. The molecule has 7 nitrogen and oxygen atoms in total. The maximum Gasteiger partial charge on any atom is 0.335 e. The van der Waals surface area contributed by atoms with Crippen LogP contribution in [-0.2, 0) is 6.42 Å². The summed E-state index contributed by atoms with van der Waals surface area (Å²) in [5, 5.41) is 24.9. The summed E-state index contributed by atoms with van der Waals surface area (Å²) < 4.78 is 10.1. The van der Waals surface area contributed by atoms with Crippen LogP contribution < -0.4 is 0 Å². The molecule has 2 unspecified atom stereocenters. The van der Waals surface area contributed by atoms with Crippen molar-refractivity contribution in [1.29, 1.82) is 0 Å². The van der Waals surface area contributed by atoms with E-state index in [-0.39, 0.29) is 17.1 Å². The highest BCUT2D eigenvalue weighted by atomic mass is 16.6. The van der Waals surface area contributed by atoms with Gasteiger partial charge in [0.05, 0.1) is 17.1 Å². The van der Waals surface area contributed by atoms with E-state index >= 15 is 0 Å². The highest BCUT2D eigenvalue weighted by Gasteiger charge is 2.34. The van der Waals surface area contributed by atoms with Crippen molar-refractivity contribution < 1.29 is 19.0 Å². The molecule has 0 radical (unpaired) electrons. The van der Waals surface area contributed by atoms with Crippen LogP contribution in [0.1, 0.15) is 43.1 Å². The minimum atomic E-state index is -1.02. The quantitative estimate of drug-likeness (QED) is 0.659. The van der Waals surface area contributed by atoms with Crippen molar-refractivity contribution in [2.24, 2.45) is 0 Å². The third-order valence-electron chi connectivity index (χ3n) is 3.00. The van der Waals surface area contributed by atoms with Gasteiger partial charge in [-0.05, 0) is 18.6 Å². The number of nitro groups is 1. The molecule has 2 aromatic heterocycles. The van der Waals surface area contributed by atoms with Crippen LogP contribution in [0.25, 0.3) is 0 Å². The van der Waals surface area contributed by atoms with Gasteiger partial charge in [0, 0.05) is 0 Å². The topological polar surface area (TPSA) is 103 Å². The lowest BCUT2D eigenvalue weighted by molar-refractivity contribution is -0.387. The number of aliphatic hydroxyl groups excluding tert-OH is 1. The largest absolute Gasteiger partial charge is 0.467 e. The molecular weight excluding hydrogens is 252 g/mol. The molecule has 2 rings (SSSR count). The van der Waals surface area contributed by atoms with Crippen molar-refractivity contribution in [2.75, 3.05) is 0 Å². The first-order valence-electron chi connectivity index (χ1n) is 5.90. The zero-order chi connectivity index (χ0) is 14.0. The normalized spacial score (nSPS) is 14.3. The molecule has 0 saturated heterocycles. The van der Waals surface area contributed by atoms with Crippen molar-refractivity contribution in [1.82, 2.24) is 5.16 Å². The van der Waals surface area contributed by atoms with E-state index in [2.05, 4.69) is 5.16 Å². The summed E-state index contributed by atoms with van der Waals surface area (Å²) in [6, 6.07) is 3.24. The van der Waals surface area contributed by atoms with Crippen molar-refractivity contribution >= 4 is 5.69 Å². The lowest BCUT2D eigenvalue weighted by Crippen LogP contribution is -2.08. The van der Waals surface area contributed by atoms with Crippen molar-refractivity contribution in [2.45, 2.75) is 32.3 Å². The monoisotopic (exact) mass is 266 g/mol. The molecule has 7 heteroatoms. The van der Waals surface area contributed by atoms with Crippen LogP contribution in [0.5, 0.6) is 0 Å². The third kappa shape index (κ3) is 2.37. The van der Waals surface area contributed by atoms with Crippen LogP contribution in [0.15, 0.2) is 27.3 Å². The number of aryl methyl sites for hydroxylation is 1. The van der Waals surface area contributed by atoms with Crippen LogP contribution in [0.3, 0.4) is 0 Å². The Bertz CT molecular complexity index is 561. The summed E-state index contributed by atoms with van der Waals surface area (Å²) in [5.74, 6) is -0.235. The van der Waals surface area contributed by atoms with Gasteiger partial charge in [-0.2, -0.15) is 0 Å². The molecule has 0 aliphatic rings. The fourth-order valence-corrected chi connectivity index (χ4v) is 1.91. The number of hydrogen-bond donors (Lipinski definition) is 1. The average Bonchev–Trinajstić information content (AvgIpc) is 3.05. The molecule has 0 bridgehead atoms. The molecule has 0 saturated carbocycles. The van der Waals surface area contributed by atoms with Gasteiger partial charge in [0.2, 0.25) is 5.76 Å². The highest BCUT2D eigenvalue weighted by molar-refractivity contribution is 5.41. The van der Waals surface area contributed by atoms with E-state index in [0.717, 1.165) is 0 Å². The molecule has 0 aliphatic carbocycles. The Kier molecular flexibility index (Phi) is 3.66. The Hall–Kier alpha value is -2.15. The Morgan fingerprint density at radius 2 is 2.32 bits per heavy atom. The first-order valence-corrected chi connectivity index (χ1v) is 5.90. The van der Waals surface area contributed by atoms with E-state index in [4.69, 9.17) is 8.94 Å². The summed E-state index contributed by atoms with van der Waals surface area (Å²) in [5.41, 5.74) is 0.110. The molecule has 2 heterocycles. The number of nitrogens with zero attached hydrogens (tertiary/aromatic N) is 2. The molecule has 0 fully saturated rings. The van der Waals surface area contributed by atoms with Gasteiger partial charge in [0.15, 0.2) is 5.69 Å². The van der Waals surface area contributed by atoms with Gasteiger partial charge in [-0.1, -0.05) is 19.0 Å². The smallest absolute Gasteiger partial charge is 0.335 e. The Morgan fingerprint density at radius 1 is 1.58 bits per heavy atom. The number of furan rings is 1. The van der Waals surface area contributed by atoms with Crippen LogP contribution in [0.4, 0.5) is 5.69 Å². The first-order chi connectivity index (χ1) is 9.06. The molecule has 0 aromatic carbocycles. The van der Waals surface area contributed by atoms with Gasteiger partial charge in [0.25, 0.3) is 0 Å². The van der Waals surface area contributed by atoms with Crippen molar-refractivity contribution in [3.8, 4) is 0 Å². The fraction of sp³-hybridized carbons (Fsp3) is 0.417. The molecule has 0 spiro atoms. The first kappa shape index (κ1) is 13.3. The molecule has 102 valence electrons. The van der Waals surface area contributed by atoms with Gasteiger partial charge in [-0.25, -0.2) is 0 Å². The van der Waals surface area contributed by atoms with Crippen LogP contribution >= 0.6 is 0 Å². The maximum atomic E-state index is 11.1. The molecule has 2 aromatic rings. The maximum absolute atomic E-state index is 11.1. The van der Waals surface area contributed by atoms with Crippen molar-refractivity contribution in [3.05, 3.63) is 45.7 Å². The summed E-state index contributed by atoms with van der Waals surface area (Å²) in [7, 11) is 0. The highest BCUT2D eigenvalue weighted by Crippen LogP contribution is 2.37. The average molecular weight is 266 g/mol. The number of aromatic nitrogens is 1. The number of hydrogen-bond acceptors (Lipinski definition) is 6. The minimum Gasteiger partial charge on any atom is -0.467 e. The van der Waals surface area contributed by atoms with E-state index in [1.54, 1.807) is 26.0 Å². The van der Waals surface area contributed by atoms with Crippen LogP contribution in [0.2, 0.25) is 0 Å². The van der Waals surface area contributed by atoms with E-state index in [0.29, 0.717) is 12.2 Å². The second-order valence-corrected chi connectivity index (χ2v) is 4.20. The van der Waals surface area contributed by atoms with Gasteiger partial charge in [0.1, 0.15) is 11.9 Å².